The van der Waals surface area contributed by atoms with Crippen molar-refractivity contribution in [1.82, 2.24) is 0 Å². The van der Waals surface area contributed by atoms with Crippen molar-refractivity contribution in [3.8, 4) is 0 Å². The van der Waals surface area contributed by atoms with Gasteiger partial charge in [-0.3, -0.25) is 9.59 Å². The van der Waals surface area contributed by atoms with Crippen molar-refractivity contribution in [1.29, 1.82) is 0 Å². The van der Waals surface area contributed by atoms with E-state index in [1.807, 2.05) is 0 Å². The molecule has 4 nitrogen and oxygen atoms in total. The van der Waals surface area contributed by atoms with Gasteiger partial charge in [0.2, 0.25) is 0 Å². The Labute approximate surface area is 101 Å². The fourth-order valence-corrected chi connectivity index (χ4v) is 0.335. The number of hydrogen-bond acceptors (Lipinski definition) is 3. The second-order valence-corrected chi connectivity index (χ2v) is 1.38. The normalized spacial score (nSPS) is 7.70. The van der Waals surface area contributed by atoms with E-state index in [0.717, 1.165) is 0 Å². The fourth-order valence-electron chi connectivity index (χ4n) is 0.335. The zero-order valence-corrected chi connectivity index (χ0v) is 9.21. The molecule has 0 rings (SSSR count). The summed E-state index contributed by atoms with van der Waals surface area (Å²) in [4.78, 5) is 20.0. The molecule has 0 spiro atoms. The van der Waals surface area contributed by atoms with Gasteiger partial charge < -0.3 is 9.84 Å². The first-order valence-corrected chi connectivity index (χ1v) is 2.54. The van der Waals surface area contributed by atoms with Gasteiger partial charge in [-0.1, -0.05) is 0 Å². The van der Waals surface area contributed by atoms with E-state index in [1.165, 1.54) is 0 Å². The van der Waals surface area contributed by atoms with Crippen LogP contribution in [0.3, 0.4) is 0 Å². The molecular formula is C5H8KO4. The number of esters is 1. The molecule has 1 radical (unpaired) electrons. The summed E-state index contributed by atoms with van der Waals surface area (Å²) in [5, 5.41) is 8.01. The molecule has 0 aromatic carbocycles. The molecule has 0 fully saturated rings. The largest absolute Gasteiger partial charge is 0.481 e. The average molecular weight is 171 g/mol. The van der Waals surface area contributed by atoms with Crippen molar-refractivity contribution in [2.24, 2.45) is 0 Å². The van der Waals surface area contributed by atoms with Gasteiger partial charge in [0.05, 0.1) is 6.61 Å². The minimum atomic E-state index is -1.16. The standard InChI is InChI=1S/C5H8O4.K/c1-2-9-5(8)3-4(6)7;/h2-3H2,1H3,(H,6,7);. The van der Waals surface area contributed by atoms with Gasteiger partial charge in [-0.05, 0) is 6.92 Å². The van der Waals surface area contributed by atoms with Crippen molar-refractivity contribution < 1.29 is 19.4 Å². The van der Waals surface area contributed by atoms with E-state index >= 15 is 0 Å². The summed E-state index contributed by atoms with van der Waals surface area (Å²) in [6.07, 6.45) is -0.548. The summed E-state index contributed by atoms with van der Waals surface area (Å²) in [7, 11) is 0. The smallest absolute Gasteiger partial charge is 0.317 e. The monoisotopic (exact) mass is 171 g/mol. The van der Waals surface area contributed by atoms with E-state index in [2.05, 4.69) is 4.74 Å². The van der Waals surface area contributed by atoms with Gasteiger partial charge in [-0.25, -0.2) is 0 Å². The summed E-state index contributed by atoms with van der Waals surface area (Å²) in [5.74, 6) is -1.85. The zero-order chi connectivity index (χ0) is 7.28. The van der Waals surface area contributed by atoms with Crippen molar-refractivity contribution in [2.45, 2.75) is 13.3 Å². The minimum Gasteiger partial charge on any atom is -0.481 e. The maximum absolute atomic E-state index is 10.3. The van der Waals surface area contributed by atoms with Crippen LogP contribution in [0.1, 0.15) is 13.3 Å². The molecule has 0 aromatic heterocycles. The molecule has 0 unspecified atom stereocenters. The zero-order valence-electron chi connectivity index (χ0n) is 6.09. The molecule has 1 N–H and O–H groups in total. The molecule has 53 valence electrons. The first-order chi connectivity index (χ1) is 4.16. The Balaban J connectivity index is 0. The van der Waals surface area contributed by atoms with E-state index in [0.29, 0.717) is 0 Å². The molecule has 0 bridgehead atoms. The third-order valence-corrected chi connectivity index (χ3v) is 0.601. The summed E-state index contributed by atoms with van der Waals surface area (Å²) < 4.78 is 4.33. The number of carbonyl (C=O) groups excluding carboxylic acids is 1. The van der Waals surface area contributed by atoms with E-state index in [1.54, 1.807) is 6.92 Å². The Morgan fingerprint density at radius 3 is 2.30 bits per heavy atom. The Bertz CT molecular complexity index is 123. The van der Waals surface area contributed by atoms with Gasteiger partial charge in [0.25, 0.3) is 0 Å². The number of hydrogen-bond donors (Lipinski definition) is 1. The van der Waals surface area contributed by atoms with Gasteiger partial charge in [0.15, 0.2) is 0 Å². The van der Waals surface area contributed by atoms with E-state index in [4.69, 9.17) is 5.11 Å². The summed E-state index contributed by atoms with van der Waals surface area (Å²) in [6, 6.07) is 0. The molecule has 10 heavy (non-hydrogen) atoms. The molecule has 0 aliphatic rings. The van der Waals surface area contributed by atoms with Gasteiger partial charge in [-0.2, -0.15) is 0 Å². The molecule has 0 aliphatic carbocycles. The first-order valence-electron chi connectivity index (χ1n) is 2.54. The second-order valence-electron chi connectivity index (χ2n) is 1.38. The topological polar surface area (TPSA) is 63.6 Å². The first kappa shape index (κ1) is 13.2. The molecule has 0 heterocycles. The molecule has 0 saturated heterocycles. The van der Waals surface area contributed by atoms with E-state index in [9.17, 15) is 9.59 Å². The molecule has 0 aliphatic heterocycles. The Hall–Kier alpha value is 0.576. The van der Waals surface area contributed by atoms with Crippen molar-refractivity contribution in [3.05, 3.63) is 0 Å². The fraction of sp³-hybridized carbons (Fsp3) is 0.600. The number of carboxylic acid groups (broad SMARTS) is 1. The molecule has 0 amide bonds. The van der Waals surface area contributed by atoms with Crippen LogP contribution in [0, 0.1) is 0 Å². The van der Waals surface area contributed by atoms with Gasteiger partial charge in [0.1, 0.15) is 6.42 Å². The second kappa shape index (κ2) is 7.68. The van der Waals surface area contributed by atoms with Crippen molar-refractivity contribution in [3.63, 3.8) is 0 Å². The molecule has 0 atom stereocenters. The summed E-state index contributed by atoms with van der Waals surface area (Å²) in [5.41, 5.74) is 0. The number of carboxylic acids is 1. The number of aliphatic carboxylic acids is 1. The van der Waals surface area contributed by atoms with Crippen LogP contribution < -0.4 is 0 Å². The Morgan fingerprint density at radius 2 is 2.00 bits per heavy atom. The van der Waals surface area contributed by atoms with Crippen LogP contribution in [0.15, 0.2) is 0 Å². The number of rotatable bonds is 3. The summed E-state index contributed by atoms with van der Waals surface area (Å²) in [6.45, 7) is 1.85. The van der Waals surface area contributed by atoms with Crippen LogP contribution in [0.4, 0.5) is 0 Å². The van der Waals surface area contributed by atoms with Crippen LogP contribution in [-0.4, -0.2) is 75.0 Å². The van der Waals surface area contributed by atoms with Crippen LogP contribution in [-0.2, 0) is 14.3 Å². The third-order valence-electron chi connectivity index (χ3n) is 0.601. The van der Waals surface area contributed by atoms with E-state index in [-0.39, 0.29) is 58.0 Å². The van der Waals surface area contributed by atoms with Crippen LogP contribution in [0.25, 0.3) is 0 Å². The van der Waals surface area contributed by atoms with Crippen molar-refractivity contribution in [2.75, 3.05) is 6.61 Å². The van der Waals surface area contributed by atoms with Crippen LogP contribution in [0.2, 0.25) is 0 Å². The maximum atomic E-state index is 10.3. The predicted octanol–water partition coefficient (Wildman–Crippen LogP) is -0.357. The summed E-state index contributed by atoms with van der Waals surface area (Å²) >= 11 is 0. The number of ether oxygens (including phenoxy) is 1. The average Bonchev–Trinajstić information content (AvgIpc) is 1.63. The SMILES string of the molecule is CCOC(=O)CC(=O)O.[K]. The molecule has 5 heteroatoms. The maximum Gasteiger partial charge on any atom is 0.317 e. The Kier molecular flexibility index (Phi) is 10.1. The van der Waals surface area contributed by atoms with Gasteiger partial charge >= 0.3 is 11.9 Å². The minimum absolute atomic E-state index is 0. The third kappa shape index (κ3) is 8.58. The van der Waals surface area contributed by atoms with Gasteiger partial charge in [-0.15, -0.1) is 0 Å². The predicted molar refractivity (Wildman–Crippen MR) is 34.6 cm³/mol. The van der Waals surface area contributed by atoms with Crippen LogP contribution >= 0.6 is 0 Å². The number of carbonyl (C=O) groups is 2. The van der Waals surface area contributed by atoms with Gasteiger partial charge in [0, 0.05) is 51.4 Å². The Morgan fingerprint density at radius 1 is 1.50 bits per heavy atom. The molecule has 0 saturated carbocycles. The van der Waals surface area contributed by atoms with Crippen molar-refractivity contribution >= 4 is 63.3 Å². The van der Waals surface area contributed by atoms with E-state index < -0.39 is 18.4 Å². The quantitative estimate of drug-likeness (QED) is 0.358. The molecule has 0 aromatic rings. The molecular weight excluding hydrogens is 163 g/mol. The van der Waals surface area contributed by atoms with Crippen LogP contribution in [0.5, 0.6) is 0 Å².